The summed E-state index contributed by atoms with van der Waals surface area (Å²) in [7, 11) is 0. The molecule has 3 nitrogen and oxygen atoms in total. The molecule has 0 aliphatic rings. The van der Waals surface area contributed by atoms with Crippen molar-refractivity contribution >= 4 is 29.3 Å². The van der Waals surface area contributed by atoms with Gasteiger partial charge in [0, 0.05) is 28.9 Å². The molecule has 5 heteroatoms. The second-order valence-corrected chi connectivity index (χ2v) is 6.42. The lowest BCUT2D eigenvalue weighted by Gasteiger charge is -2.25. The van der Waals surface area contributed by atoms with E-state index in [9.17, 15) is 4.79 Å². The Bertz CT molecular complexity index is 409. The SMILES string of the molecule is CC(C)N(CCO)C(=O)CCCSc1ccc(Cl)cc1. The molecule has 0 aromatic heterocycles. The lowest BCUT2D eigenvalue weighted by atomic mass is 10.2. The van der Waals surface area contributed by atoms with Gasteiger partial charge in [-0.1, -0.05) is 11.6 Å². The number of amides is 1. The van der Waals surface area contributed by atoms with Gasteiger partial charge in [-0.05, 0) is 50.3 Å². The average Bonchev–Trinajstić information content (AvgIpc) is 2.42. The predicted octanol–water partition coefficient (Wildman–Crippen LogP) is 3.44. The van der Waals surface area contributed by atoms with Crippen molar-refractivity contribution in [3.8, 4) is 0 Å². The second kappa shape index (κ2) is 9.27. The predicted molar refractivity (Wildman–Crippen MR) is 85.3 cm³/mol. The molecular formula is C15H22ClNO2S. The number of carbonyl (C=O) groups excluding carboxylic acids is 1. The summed E-state index contributed by atoms with van der Waals surface area (Å²) < 4.78 is 0. The van der Waals surface area contributed by atoms with Crippen molar-refractivity contribution in [3.63, 3.8) is 0 Å². The van der Waals surface area contributed by atoms with Crippen molar-refractivity contribution in [1.82, 2.24) is 4.90 Å². The number of halogens is 1. The van der Waals surface area contributed by atoms with Gasteiger partial charge >= 0.3 is 0 Å². The minimum absolute atomic E-state index is 0.0173. The Balaban J connectivity index is 2.29. The van der Waals surface area contributed by atoms with Gasteiger partial charge in [-0.25, -0.2) is 0 Å². The minimum Gasteiger partial charge on any atom is -0.395 e. The molecule has 0 saturated heterocycles. The number of rotatable bonds is 8. The smallest absolute Gasteiger partial charge is 0.222 e. The molecule has 1 aromatic rings. The lowest BCUT2D eigenvalue weighted by Crippen LogP contribution is -2.38. The van der Waals surface area contributed by atoms with Crippen LogP contribution in [-0.2, 0) is 4.79 Å². The van der Waals surface area contributed by atoms with Gasteiger partial charge in [0.15, 0.2) is 0 Å². The number of hydrogen-bond donors (Lipinski definition) is 1. The molecule has 0 unspecified atom stereocenters. The van der Waals surface area contributed by atoms with Gasteiger partial charge in [0.1, 0.15) is 0 Å². The van der Waals surface area contributed by atoms with Crippen LogP contribution < -0.4 is 0 Å². The maximum atomic E-state index is 12.0. The standard InChI is InChI=1S/C15H22ClNO2S/c1-12(2)17(9-10-18)15(19)4-3-11-20-14-7-5-13(16)6-8-14/h5-8,12,18H,3-4,9-11H2,1-2H3. The monoisotopic (exact) mass is 315 g/mol. The first-order chi connectivity index (χ1) is 9.54. The van der Waals surface area contributed by atoms with E-state index in [1.54, 1.807) is 16.7 Å². The van der Waals surface area contributed by atoms with Crippen LogP contribution in [0.3, 0.4) is 0 Å². The highest BCUT2D eigenvalue weighted by atomic mass is 35.5. The fourth-order valence-electron chi connectivity index (χ4n) is 1.87. The van der Waals surface area contributed by atoms with Crippen LogP contribution in [0.5, 0.6) is 0 Å². The molecule has 0 aliphatic heterocycles. The summed E-state index contributed by atoms with van der Waals surface area (Å²) in [5, 5.41) is 9.71. The Morgan fingerprint density at radius 2 is 2.00 bits per heavy atom. The molecule has 1 amide bonds. The topological polar surface area (TPSA) is 40.5 Å². The number of carbonyl (C=O) groups is 1. The van der Waals surface area contributed by atoms with E-state index in [4.69, 9.17) is 16.7 Å². The zero-order chi connectivity index (χ0) is 15.0. The molecule has 20 heavy (non-hydrogen) atoms. The molecule has 0 fully saturated rings. The zero-order valence-electron chi connectivity index (χ0n) is 12.0. The van der Waals surface area contributed by atoms with Gasteiger partial charge in [-0.3, -0.25) is 4.79 Å². The molecule has 0 spiro atoms. The number of aliphatic hydroxyl groups excluding tert-OH is 1. The van der Waals surface area contributed by atoms with Crippen molar-refractivity contribution < 1.29 is 9.90 Å². The van der Waals surface area contributed by atoms with E-state index >= 15 is 0 Å². The van der Waals surface area contributed by atoms with E-state index in [0.29, 0.717) is 13.0 Å². The van der Waals surface area contributed by atoms with Gasteiger partial charge in [0.05, 0.1) is 6.61 Å². The van der Waals surface area contributed by atoms with E-state index in [-0.39, 0.29) is 18.6 Å². The summed E-state index contributed by atoms with van der Waals surface area (Å²) in [5.41, 5.74) is 0. The fourth-order valence-corrected chi connectivity index (χ4v) is 2.85. The van der Waals surface area contributed by atoms with Crippen LogP contribution in [0, 0.1) is 0 Å². The first-order valence-corrected chi connectivity index (χ1v) is 8.19. The lowest BCUT2D eigenvalue weighted by molar-refractivity contribution is -0.133. The first kappa shape index (κ1) is 17.3. The van der Waals surface area contributed by atoms with E-state index in [0.717, 1.165) is 22.1 Å². The van der Waals surface area contributed by atoms with Gasteiger partial charge in [0.2, 0.25) is 5.91 Å². The maximum Gasteiger partial charge on any atom is 0.222 e. The van der Waals surface area contributed by atoms with Crippen molar-refractivity contribution in [3.05, 3.63) is 29.3 Å². The van der Waals surface area contributed by atoms with Crippen LogP contribution in [0.25, 0.3) is 0 Å². The molecule has 1 rings (SSSR count). The molecule has 1 aromatic carbocycles. The van der Waals surface area contributed by atoms with Crippen LogP contribution in [0.2, 0.25) is 5.02 Å². The highest BCUT2D eigenvalue weighted by Gasteiger charge is 2.15. The normalized spacial score (nSPS) is 10.8. The van der Waals surface area contributed by atoms with Crippen LogP contribution in [0.1, 0.15) is 26.7 Å². The molecule has 0 bridgehead atoms. The molecule has 112 valence electrons. The molecule has 1 N–H and O–H groups in total. The van der Waals surface area contributed by atoms with Gasteiger partial charge in [-0.15, -0.1) is 11.8 Å². The average molecular weight is 316 g/mol. The Labute approximate surface area is 130 Å². The van der Waals surface area contributed by atoms with Gasteiger partial charge in [-0.2, -0.15) is 0 Å². The molecule has 0 atom stereocenters. The van der Waals surface area contributed by atoms with E-state index in [1.807, 2.05) is 38.1 Å². The maximum absolute atomic E-state index is 12.0. The molecular weight excluding hydrogens is 294 g/mol. The minimum atomic E-state index is 0.0173. The van der Waals surface area contributed by atoms with Crippen LogP contribution in [0.15, 0.2) is 29.2 Å². The summed E-state index contributed by atoms with van der Waals surface area (Å²) >= 11 is 7.55. The van der Waals surface area contributed by atoms with Crippen LogP contribution in [0.4, 0.5) is 0 Å². The van der Waals surface area contributed by atoms with Gasteiger partial charge < -0.3 is 10.0 Å². The number of aliphatic hydroxyl groups is 1. The van der Waals surface area contributed by atoms with E-state index in [2.05, 4.69) is 0 Å². The second-order valence-electron chi connectivity index (χ2n) is 4.81. The van der Waals surface area contributed by atoms with Crippen molar-refractivity contribution in [2.75, 3.05) is 18.9 Å². The Kier molecular flexibility index (Phi) is 8.04. The zero-order valence-corrected chi connectivity index (χ0v) is 13.6. The van der Waals surface area contributed by atoms with Crippen molar-refractivity contribution in [1.29, 1.82) is 0 Å². The quantitative estimate of drug-likeness (QED) is 0.590. The molecule has 0 heterocycles. The van der Waals surface area contributed by atoms with Crippen LogP contribution in [-0.4, -0.2) is 40.9 Å². The van der Waals surface area contributed by atoms with Gasteiger partial charge in [0.25, 0.3) is 0 Å². The van der Waals surface area contributed by atoms with E-state index in [1.165, 1.54) is 0 Å². The van der Waals surface area contributed by atoms with Crippen molar-refractivity contribution in [2.45, 2.75) is 37.6 Å². The Hall–Kier alpha value is -0.710. The largest absolute Gasteiger partial charge is 0.395 e. The van der Waals surface area contributed by atoms with Crippen LogP contribution >= 0.6 is 23.4 Å². The number of hydrogen-bond acceptors (Lipinski definition) is 3. The summed E-state index contributed by atoms with van der Waals surface area (Å²) in [5.74, 6) is 1.02. The summed E-state index contributed by atoms with van der Waals surface area (Å²) in [6.07, 6.45) is 1.36. The molecule has 0 saturated carbocycles. The summed E-state index contributed by atoms with van der Waals surface area (Å²) in [6, 6.07) is 7.86. The number of nitrogens with zero attached hydrogens (tertiary/aromatic N) is 1. The third kappa shape index (κ3) is 6.16. The van der Waals surface area contributed by atoms with Crippen molar-refractivity contribution in [2.24, 2.45) is 0 Å². The first-order valence-electron chi connectivity index (χ1n) is 6.83. The number of thioether (sulfide) groups is 1. The third-order valence-corrected chi connectivity index (χ3v) is 4.25. The molecule has 0 aliphatic carbocycles. The summed E-state index contributed by atoms with van der Waals surface area (Å²) in [6.45, 7) is 4.37. The molecule has 0 radical (unpaired) electrons. The highest BCUT2D eigenvalue weighted by Crippen LogP contribution is 2.21. The Morgan fingerprint density at radius 3 is 2.55 bits per heavy atom. The van der Waals surface area contributed by atoms with E-state index < -0.39 is 0 Å². The summed E-state index contributed by atoms with van der Waals surface area (Å²) in [4.78, 5) is 14.9. The Morgan fingerprint density at radius 1 is 1.35 bits per heavy atom. The third-order valence-electron chi connectivity index (χ3n) is 2.90. The highest BCUT2D eigenvalue weighted by molar-refractivity contribution is 7.99. The fraction of sp³-hybridized carbons (Fsp3) is 0.533. The number of benzene rings is 1.